The first-order valence-corrected chi connectivity index (χ1v) is 47.3. The van der Waals surface area contributed by atoms with Crippen LogP contribution in [0.5, 0.6) is 5.75 Å². The molecule has 0 aliphatic rings. The van der Waals surface area contributed by atoms with Gasteiger partial charge >= 0.3 is 42.0 Å². The van der Waals surface area contributed by atoms with Gasteiger partial charge in [0, 0.05) is 93.7 Å². The highest BCUT2D eigenvalue weighted by atomic mass is 32.2. The van der Waals surface area contributed by atoms with Gasteiger partial charge in [-0.1, -0.05) is 30.3 Å². The fraction of sp³-hybridized carbons (Fsp3) is 0.536. The molecule has 19 atom stereocenters. The zero-order chi connectivity index (χ0) is 112. The van der Waals surface area contributed by atoms with Crippen molar-refractivity contribution in [3.8, 4) is 5.75 Å². The molecule has 1 heterocycles. The topological polar surface area (TPSA) is 981 Å². The van der Waals surface area contributed by atoms with Crippen molar-refractivity contribution < 1.29 is 189 Å². The predicted octanol–water partition coefficient (Wildman–Crippen LogP) is -10.7. The van der Waals surface area contributed by atoms with Crippen LogP contribution in [0.4, 0.5) is 13.2 Å². The monoisotopic (exact) mass is 2150 g/mol. The number of aromatic amines is 1. The molecule has 17 amide bonds. The van der Waals surface area contributed by atoms with Gasteiger partial charge in [0.15, 0.2) is 17.2 Å². The molecule has 1 aromatic heterocycles. The number of Topliss-reactive ketones (excluding diaryl/α,β-unsaturated/α-hetero) is 2. The van der Waals surface area contributed by atoms with Crippen LogP contribution < -0.4 is 104 Å². The third kappa shape index (κ3) is 42.7. The number of halogens is 3. The number of para-hydroxylation sites is 1. The Labute approximate surface area is 845 Å². The largest absolute Gasteiger partial charge is 0.508 e. The summed E-state index contributed by atoms with van der Waals surface area (Å²) in [6, 6.07) is -22.6. The number of hydrogen-bond donors (Lipinski definition) is 31. The molecule has 3 rings (SSSR count). The average Bonchev–Trinajstić information content (AvgIpc) is 0.745. The fourth-order valence-corrected chi connectivity index (χ4v) is 15.7. The number of aromatic hydroxyl groups is 1. The minimum atomic E-state index is -5.40. The third-order valence-corrected chi connectivity index (χ3v) is 23.7. The summed E-state index contributed by atoms with van der Waals surface area (Å²) in [6.45, 7) is 5.04. The number of thioether (sulfide) groups is 3. The maximum absolute atomic E-state index is 16.9. The summed E-state index contributed by atoms with van der Waals surface area (Å²) in [4.78, 5) is 349. The number of carboxylic acids is 6. The van der Waals surface area contributed by atoms with Crippen LogP contribution in [0.3, 0.4) is 0 Å². The van der Waals surface area contributed by atoms with Gasteiger partial charge in [0.1, 0.15) is 60.1 Å². The number of aliphatic hydroxyl groups excluding tert-OH is 3. The van der Waals surface area contributed by atoms with Gasteiger partial charge in [0.25, 0.3) is 11.8 Å². The van der Waals surface area contributed by atoms with Crippen molar-refractivity contribution in [1.29, 1.82) is 0 Å². The molecule has 37 N–H and O–H groups in total. The van der Waals surface area contributed by atoms with Crippen molar-refractivity contribution in [1.82, 2.24) is 79.0 Å². The number of benzene rings is 2. The van der Waals surface area contributed by atoms with Crippen LogP contribution in [-0.4, -0.2) is 369 Å². The SMILES string of the molecule is CC(=O)NCSC[C@H](N)C(=O)N[C@@H](Cc1ccc(O)cc1)C(=O)N[C@@H](CCC(=O)O)C(=O)N(C(=O)[C@@H](NC(=O)[C@@H](N)CSCNC(C)=O)[C@@H](C)O)[C@@](C(=O)O)(C(=O)[C@@H](NC(=O)[C@H](CCC(=O)O)NC(=O)[C@@H](N)CSCNC(C)=O)[C@@H](C)O)[C@@](C)(O)C(=O)[C@H](CC(N)=O)NC(=O)[C@H](CC(=O)O)NC(=O)[C@@H](NC(=O)[C@H](CCC(N)=O)NC(=O)[C@H](Cc1c[nH]c2ccccc12)NC(=O)[C@@H](N)CCC(=O)O)[C@@H](C)O.O=C(O)C(F)(F)F. The molecule has 2 aromatic carbocycles. The Morgan fingerprint density at radius 3 is 1.19 bits per heavy atom. The zero-order valence-electron chi connectivity index (χ0n) is 79.6. The maximum Gasteiger partial charge on any atom is 0.490 e. The number of alkyl halides is 3. The quantitative estimate of drug-likeness (QED) is 0.0142. The number of phenols is 1. The standard InChI is InChI=1S/C82H119N21O34S3.C2HF3O2/c1-35(104)63(100-72(127)51(18-22-60(115)116)93-69(124)46(84)29-138-32-90-38(4)107)67(122)82(80(135)136,103(79(134)65(37(3)106)102-71(126)48(86)31-140-34-92-40(6)109)78(133)52(19-23-61(117)118)95-74(129)54(24-41-12-14-43(110)15-13-41)97-70(125)47(85)30-139-33-91-39(5)108)81(7,137)66(121)53(26-58(88)112)96-76(131)56(27-62(119)120)99-77(132)64(36(2)105)101-73(128)50(17-20-57(87)111)94-75(130)55(98-68(123)45(83)16-21-59(113)114)25-42-28-89-49-11-9-8-10-44(42)49;3-2(4,5)1(6)7/h8-15,28,35-37,45-48,50-56,63-65,89,104-106,110,137H,16-27,29-34,83-86H2,1-7H3,(H2,87,111)(H2,88,112)(H,90,107)(H,91,108)(H,92,109)(H,93,124)(H,94,130)(H,95,129)(H,96,131)(H,97,125)(H,98,123)(H,99,132)(H,100,127)(H,101,128)(H,102,126)(H,113,114)(H,115,116)(H,117,118)(H,119,120)(H,135,136);(H,6,7)/t35-,36-,37-,45+,46+,47+,48+,50+,51+,52+,53+,54+,55+,56+,63+,64+,65+,81+,82-;/m1./s1. The first-order chi connectivity index (χ1) is 68.2. The summed E-state index contributed by atoms with van der Waals surface area (Å²) in [5, 5.41) is 147. The number of rotatable bonds is 64. The molecular weight excluding hydrogens is 2030 g/mol. The Hall–Kier alpha value is -14.4. The number of nitrogens with zero attached hydrogens (tertiary/aromatic N) is 1. The van der Waals surface area contributed by atoms with Crippen molar-refractivity contribution >= 4 is 194 Å². The minimum absolute atomic E-state index is 0.00333. The molecule has 0 saturated carbocycles. The second-order valence-corrected chi connectivity index (χ2v) is 36.0. The third-order valence-electron chi connectivity index (χ3n) is 20.9. The van der Waals surface area contributed by atoms with Crippen molar-refractivity contribution in [3.05, 3.63) is 65.9 Å². The Morgan fingerprint density at radius 2 is 0.769 bits per heavy atom. The van der Waals surface area contributed by atoms with Gasteiger partial charge < -0.3 is 165 Å². The van der Waals surface area contributed by atoms with E-state index in [-0.39, 0.29) is 35.9 Å². The number of aliphatic hydroxyl groups is 4. The Bertz CT molecular complexity index is 5250. The van der Waals surface area contributed by atoms with Crippen molar-refractivity contribution in [2.24, 2.45) is 34.4 Å². The molecule has 816 valence electrons. The molecular formula is C84H120F3N21O36S3. The fourth-order valence-electron chi connectivity index (χ4n) is 13.2. The number of aromatic nitrogens is 1. The number of carbonyl (C=O) groups excluding carboxylic acids is 19. The van der Waals surface area contributed by atoms with Crippen molar-refractivity contribution in [3.63, 3.8) is 0 Å². The molecule has 0 unspecified atom stereocenters. The lowest BCUT2D eigenvalue weighted by molar-refractivity contribution is -0.195. The van der Waals surface area contributed by atoms with Gasteiger partial charge in [-0.2, -0.15) is 13.2 Å². The number of aliphatic carboxylic acids is 6. The lowest BCUT2D eigenvalue weighted by atomic mass is 9.68. The van der Waals surface area contributed by atoms with Crippen LogP contribution in [0.2, 0.25) is 0 Å². The summed E-state index contributed by atoms with van der Waals surface area (Å²) in [5.41, 5.74) is 26.0. The highest BCUT2D eigenvalue weighted by Gasteiger charge is 2.72. The molecule has 0 saturated heterocycles. The number of imide groups is 1. The second-order valence-electron chi connectivity index (χ2n) is 32.9. The van der Waals surface area contributed by atoms with Crippen LogP contribution in [0.1, 0.15) is 124 Å². The van der Waals surface area contributed by atoms with E-state index >= 15 is 38.4 Å². The van der Waals surface area contributed by atoms with E-state index in [1.807, 2.05) is 21.3 Å². The number of ketones is 2. The van der Waals surface area contributed by atoms with E-state index in [1.54, 1.807) is 34.9 Å². The number of fused-ring (bicyclic) bond motifs is 1. The number of H-pyrrole nitrogens is 1. The molecule has 0 bridgehead atoms. The van der Waals surface area contributed by atoms with Gasteiger partial charge in [-0.3, -0.25) is 115 Å². The first kappa shape index (κ1) is 129. The van der Waals surface area contributed by atoms with Gasteiger partial charge in [-0.05, 0) is 82.7 Å². The average molecular weight is 2150 g/mol. The van der Waals surface area contributed by atoms with E-state index in [9.17, 15) is 141 Å². The van der Waals surface area contributed by atoms with Gasteiger partial charge in [-0.15, -0.1) is 35.3 Å². The molecule has 3 aromatic rings. The van der Waals surface area contributed by atoms with E-state index in [0.29, 0.717) is 42.1 Å². The van der Waals surface area contributed by atoms with Crippen LogP contribution in [0.25, 0.3) is 10.9 Å². The van der Waals surface area contributed by atoms with Gasteiger partial charge in [0.2, 0.25) is 94.1 Å². The van der Waals surface area contributed by atoms with E-state index < -0.39 is 367 Å². The summed E-state index contributed by atoms with van der Waals surface area (Å²) in [6.07, 6.45) is -24.2. The van der Waals surface area contributed by atoms with Gasteiger partial charge in [0.05, 0.1) is 79.0 Å². The van der Waals surface area contributed by atoms with Crippen LogP contribution >= 0.6 is 35.3 Å². The van der Waals surface area contributed by atoms with E-state index in [0.717, 1.165) is 75.5 Å². The lowest BCUT2D eigenvalue weighted by Crippen LogP contribution is -2.83. The minimum Gasteiger partial charge on any atom is -0.508 e. The summed E-state index contributed by atoms with van der Waals surface area (Å²) in [7, 11) is 0. The second kappa shape index (κ2) is 61.2. The van der Waals surface area contributed by atoms with Crippen LogP contribution in [0.15, 0.2) is 54.7 Å². The number of amides is 17. The highest BCUT2D eigenvalue weighted by molar-refractivity contribution is 7.99. The molecule has 0 radical (unpaired) electrons. The van der Waals surface area contributed by atoms with Crippen molar-refractivity contribution in [2.75, 3.05) is 34.9 Å². The number of nitrogens with one attached hydrogen (secondary N) is 14. The highest BCUT2D eigenvalue weighted by Crippen LogP contribution is 2.38. The number of phenolic OH excluding ortho intramolecular Hbond substituents is 1. The number of carboxylic acid groups (broad SMARTS) is 6. The molecule has 0 aliphatic carbocycles. The Balaban J connectivity index is 0.0000100. The molecule has 0 spiro atoms. The number of primary amides is 2. The predicted molar refractivity (Wildman–Crippen MR) is 505 cm³/mol. The first-order valence-electron chi connectivity index (χ1n) is 43.8. The number of nitrogens with two attached hydrogens (primary N) is 6. The number of hydrogen-bond acceptors (Lipinski definition) is 37. The van der Waals surface area contributed by atoms with E-state index in [2.05, 4.69) is 42.2 Å². The zero-order valence-corrected chi connectivity index (χ0v) is 82.1. The molecule has 0 fully saturated rings. The molecule has 57 nitrogen and oxygen atoms in total. The summed E-state index contributed by atoms with van der Waals surface area (Å²) < 4.78 is 31.7. The lowest BCUT2D eigenvalue weighted by Gasteiger charge is -2.49. The van der Waals surface area contributed by atoms with E-state index in [4.69, 9.17) is 44.3 Å². The van der Waals surface area contributed by atoms with Gasteiger partial charge in [-0.25, -0.2) is 9.59 Å². The maximum atomic E-state index is 16.9. The molecule has 147 heavy (non-hydrogen) atoms. The Kier molecular flexibility index (Phi) is 53.6. The molecule has 63 heteroatoms. The molecule has 0 aliphatic heterocycles. The Morgan fingerprint density at radius 1 is 0.401 bits per heavy atom. The van der Waals surface area contributed by atoms with E-state index in [1.165, 1.54) is 6.20 Å². The normalized spacial score (nSPS) is 15.5. The van der Waals surface area contributed by atoms with Crippen LogP contribution in [-0.2, 0) is 133 Å². The number of carbonyl (C=O) groups is 25. The summed E-state index contributed by atoms with van der Waals surface area (Å²) >= 11 is 2.36. The smallest absolute Gasteiger partial charge is 0.490 e. The van der Waals surface area contributed by atoms with Crippen molar-refractivity contribution in [2.45, 2.75) is 246 Å². The summed E-state index contributed by atoms with van der Waals surface area (Å²) in [5.74, 6) is -46.9. The van der Waals surface area contributed by atoms with Crippen LogP contribution in [0, 0.1) is 0 Å².